The number of benzene rings is 4. The van der Waals surface area contributed by atoms with Crippen LogP contribution in [0, 0.1) is 0 Å². The lowest BCUT2D eigenvalue weighted by Gasteiger charge is -2.27. The number of para-hydroxylation sites is 2. The van der Waals surface area contributed by atoms with Crippen molar-refractivity contribution >= 4 is 44.2 Å². The molecule has 0 spiro atoms. The number of aromatic nitrogens is 1. The molecule has 5 aromatic rings. The summed E-state index contributed by atoms with van der Waals surface area (Å²) in [7, 11) is 8.31. The summed E-state index contributed by atoms with van der Waals surface area (Å²) < 4.78 is 2.35. The van der Waals surface area contributed by atoms with E-state index in [0.29, 0.717) is 0 Å². The van der Waals surface area contributed by atoms with Gasteiger partial charge in [-0.1, -0.05) is 109 Å². The molecule has 2 N–H and O–H groups in total. The quantitative estimate of drug-likeness (QED) is 0.0633. The summed E-state index contributed by atoms with van der Waals surface area (Å²) >= 11 is 0. The van der Waals surface area contributed by atoms with Gasteiger partial charge in [-0.15, -0.1) is 0 Å². The topological polar surface area (TPSA) is 27.0 Å². The molecule has 0 atom stereocenters. The van der Waals surface area contributed by atoms with E-state index in [1.54, 1.807) is 0 Å². The Morgan fingerprint density at radius 2 is 1.25 bits per heavy atom. The standard InChI is InChI=1S/C47H51N4S2/c1-34-32-37(24-26-48-43-14-10-8-12-41(43)46(34,2)3)35-16-20-39(21-17-35)49(6)28-30-52-53-31-29-50(7)40-22-18-36(19-23-40)38-25-27-51-44-15-11-9-13-42(44)47(4,5)45(51)33-38/h8-27,32-33,48H,1,28-31H2,2-7H3/q+1/p+1. The number of pyridine rings is 1. The zero-order valence-electron chi connectivity index (χ0n) is 32.0. The van der Waals surface area contributed by atoms with Crippen LogP contribution in [0.5, 0.6) is 0 Å². The molecule has 53 heavy (non-hydrogen) atoms. The van der Waals surface area contributed by atoms with Crippen LogP contribution >= 0.6 is 21.6 Å². The first-order valence-electron chi connectivity index (χ1n) is 18.6. The first kappa shape index (κ1) is 36.9. The molecule has 0 aliphatic carbocycles. The average molecular weight is 737 g/mol. The Morgan fingerprint density at radius 3 is 1.91 bits per heavy atom. The van der Waals surface area contributed by atoms with Gasteiger partial charge in [0.25, 0.3) is 0 Å². The molecular formula is C47H52N4S2+2. The molecule has 270 valence electrons. The summed E-state index contributed by atoms with van der Waals surface area (Å²) in [6.45, 7) is 15.7. The molecular weight excluding hydrogens is 685 g/mol. The number of anilines is 2. The second-order valence-electron chi connectivity index (χ2n) is 15.3. The minimum Gasteiger partial charge on any atom is -0.374 e. The molecule has 3 heterocycles. The van der Waals surface area contributed by atoms with Gasteiger partial charge in [-0.2, -0.15) is 4.57 Å². The third kappa shape index (κ3) is 7.64. The molecule has 4 nitrogen and oxygen atoms in total. The highest BCUT2D eigenvalue weighted by Crippen LogP contribution is 2.39. The Morgan fingerprint density at radius 1 is 0.660 bits per heavy atom. The van der Waals surface area contributed by atoms with Gasteiger partial charge in [0, 0.05) is 84.8 Å². The van der Waals surface area contributed by atoms with Gasteiger partial charge >= 0.3 is 0 Å². The molecule has 2 aliphatic heterocycles. The average Bonchev–Trinajstić information content (AvgIpc) is 3.43. The minimum atomic E-state index is -0.156. The van der Waals surface area contributed by atoms with Crippen molar-refractivity contribution < 1.29 is 9.88 Å². The van der Waals surface area contributed by atoms with Crippen molar-refractivity contribution in [3.05, 3.63) is 168 Å². The highest BCUT2D eigenvalue weighted by molar-refractivity contribution is 8.76. The maximum absolute atomic E-state index is 4.50. The smallest absolute Gasteiger partial charge is 0.215 e. The van der Waals surface area contributed by atoms with E-state index in [-0.39, 0.29) is 10.8 Å². The Kier molecular flexibility index (Phi) is 10.8. The lowest BCUT2D eigenvalue weighted by atomic mass is 9.76. The number of hydrogen-bond acceptors (Lipinski definition) is 4. The predicted molar refractivity (Wildman–Crippen MR) is 231 cm³/mol. The largest absolute Gasteiger partial charge is 0.374 e. The maximum Gasteiger partial charge on any atom is 0.215 e. The fourth-order valence-electron chi connectivity index (χ4n) is 7.50. The molecule has 0 fully saturated rings. The summed E-state index contributed by atoms with van der Waals surface area (Å²) in [4.78, 5) is 4.71. The fraction of sp³-hybridized carbons (Fsp3) is 0.255. The van der Waals surface area contributed by atoms with Crippen LogP contribution in [0.25, 0.3) is 22.4 Å². The van der Waals surface area contributed by atoms with E-state index in [4.69, 9.17) is 0 Å². The minimum absolute atomic E-state index is 0.0184. The van der Waals surface area contributed by atoms with E-state index in [9.17, 15) is 0 Å². The van der Waals surface area contributed by atoms with Crippen LogP contribution < -0.4 is 19.7 Å². The van der Waals surface area contributed by atoms with Gasteiger partial charge in [-0.3, -0.25) is 5.32 Å². The molecule has 7 rings (SSSR count). The second-order valence-corrected chi connectivity index (χ2v) is 18.0. The molecule has 1 aromatic heterocycles. The van der Waals surface area contributed by atoms with E-state index in [1.807, 2.05) is 21.6 Å². The van der Waals surface area contributed by atoms with Crippen LogP contribution in [-0.2, 0) is 10.8 Å². The summed E-state index contributed by atoms with van der Waals surface area (Å²) in [5.74, 6) is 2.15. The molecule has 0 radical (unpaired) electrons. The third-order valence-corrected chi connectivity index (χ3v) is 13.5. The van der Waals surface area contributed by atoms with E-state index in [1.165, 1.54) is 61.8 Å². The first-order chi connectivity index (χ1) is 25.5. The maximum atomic E-state index is 4.50. The lowest BCUT2D eigenvalue weighted by molar-refractivity contribution is -0.599. The van der Waals surface area contributed by atoms with Crippen molar-refractivity contribution in [1.82, 2.24) is 0 Å². The van der Waals surface area contributed by atoms with Crippen molar-refractivity contribution in [1.29, 1.82) is 0 Å². The normalized spacial score (nSPS) is 15.4. The van der Waals surface area contributed by atoms with E-state index >= 15 is 0 Å². The molecule has 2 aliphatic rings. The lowest BCUT2D eigenvalue weighted by Crippen LogP contribution is -2.71. The highest BCUT2D eigenvalue weighted by atomic mass is 33.1. The summed E-state index contributed by atoms with van der Waals surface area (Å²) in [6, 6.07) is 40.0. The molecule has 4 aromatic carbocycles. The molecule has 0 amide bonds. The number of nitrogens with two attached hydrogens (primary N) is 1. The van der Waals surface area contributed by atoms with Crippen LogP contribution in [0.2, 0.25) is 0 Å². The molecule has 0 saturated heterocycles. The van der Waals surface area contributed by atoms with Crippen molar-refractivity contribution in [2.45, 2.75) is 38.5 Å². The number of rotatable bonds is 11. The Balaban J connectivity index is 0.869. The Hall–Kier alpha value is -4.49. The predicted octanol–water partition coefficient (Wildman–Crippen LogP) is 9.86. The summed E-state index contributed by atoms with van der Waals surface area (Å²) in [6.07, 6.45) is 8.85. The second kappa shape index (κ2) is 15.5. The van der Waals surface area contributed by atoms with Gasteiger partial charge in [-0.05, 0) is 78.1 Å². The molecule has 6 heteroatoms. The number of fused-ring (bicyclic) bond motifs is 4. The van der Waals surface area contributed by atoms with Gasteiger partial charge in [0.15, 0.2) is 11.9 Å². The van der Waals surface area contributed by atoms with Crippen molar-refractivity contribution in [3.8, 4) is 16.8 Å². The SMILES string of the molecule is C=C1C=C(c2ccc(N(C)CCSSCCN(C)c3ccc(-c4cc[n+]5c(c4)C(C)(C)c4ccccc4-5)cc3)cc2)C=C[NH2+]c2ccccc2C1(C)C. The van der Waals surface area contributed by atoms with Crippen molar-refractivity contribution in [2.75, 3.05) is 48.5 Å². The van der Waals surface area contributed by atoms with Crippen LogP contribution in [-0.4, -0.2) is 38.7 Å². The number of hydrogen-bond donors (Lipinski definition) is 1. The number of quaternary nitrogens is 1. The number of allylic oxidation sites excluding steroid dienone is 4. The van der Waals surface area contributed by atoms with Gasteiger partial charge < -0.3 is 9.80 Å². The summed E-state index contributed by atoms with van der Waals surface area (Å²) in [5, 5.41) is 2.21. The Bertz CT molecular complexity index is 2160. The van der Waals surface area contributed by atoms with E-state index in [2.05, 4.69) is 202 Å². The fourth-order valence-corrected chi connectivity index (χ4v) is 9.59. The van der Waals surface area contributed by atoms with E-state index in [0.717, 1.165) is 30.2 Å². The van der Waals surface area contributed by atoms with Crippen LogP contribution in [0.3, 0.4) is 0 Å². The Labute approximate surface area is 324 Å². The van der Waals surface area contributed by atoms with Gasteiger partial charge in [-0.25, -0.2) is 0 Å². The monoisotopic (exact) mass is 736 g/mol. The third-order valence-electron chi connectivity index (χ3n) is 11.1. The molecule has 0 unspecified atom stereocenters. The molecule has 0 saturated carbocycles. The zero-order valence-corrected chi connectivity index (χ0v) is 33.6. The van der Waals surface area contributed by atoms with Gasteiger partial charge in [0.2, 0.25) is 5.69 Å². The number of nitrogens with zero attached hydrogens (tertiary/aromatic N) is 3. The van der Waals surface area contributed by atoms with Crippen LogP contribution in [0.1, 0.15) is 50.1 Å². The van der Waals surface area contributed by atoms with Gasteiger partial charge in [0.1, 0.15) is 5.69 Å². The van der Waals surface area contributed by atoms with E-state index < -0.39 is 0 Å². The van der Waals surface area contributed by atoms with Gasteiger partial charge in [0.05, 0.1) is 11.6 Å². The van der Waals surface area contributed by atoms with Crippen LogP contribution in [0.4, 0.5) is 17.1 Å². The summed E-state index contributed by atoms with van der Waals surface area (Å²) in [5.41, 5.74) is 14.9. The highest BCUT2D eigenvalue weighted by Gasteiger charge is 2.43. The van der Waals surface area contributed by atoms with Crippen LogP contribution in [0.15, 0.2) is 146 Å². The first-order valence-corrected chi connectivity index (χ1v) is 21.1. The van der Waals surface area contributed by atoms with Crippen molar-refractivity contribution in [2.24, 2.45) is 0 Å². The van der Waals surface area contributed by atoms with Crippen molar-refractivity contribution in [3.63, 3.8) is 0 Å². The zero-order chi connectivity index (χ0) is 37.2. The molecule has 0 bridgehead atoms.